The topological polar surface area (TPSA) is 4.93 Å². The van der Waals surface area contributed by atoms with Crippen LogP contribution in [0.2, 0.25) is 0 Å². The number of hydrogen-bond donors (Lipinski definition) is 0. The van der Waals surface area contributed by atoms with Crippen molar-refractivity contribution in [3.63, 3.8) is 0 Å². The Kier molecular flexibility index (Phi) is 2.41. The predicted octanol–water partition coefficient (Wildman–Crippen LogP) is 4.60. The van der Waals surface area contributed by atoms with Crippen LogP contribution in [0.3, 0.4) is 0 Å². The lowest BCUT2D eigenvalue weighted by Crippen LogP contribution is -2.25. The zero-order valence-corrected chi connectivity index (χ0v) is 11.7. The molecule has 18 heavy (non-hydrogen) atoms. The molecule has 0 N–H and O–H groups in total. The van der Waals surface area contributed by atoms with Crippen LogP contribution < -0.4 is 0 Å². The first-order valence-corrected chi connectivity index (χ1v) is 6.79. The quantitative estimate of drug-likeness (QED) is 0.633. The Labute approximate surface area is 109 Å². The third kappa shape index (κ3) is 1.61. The molecular weight excluding hydrogens is 218 g/mol. The van der Waals surface area contributed by atoms with Crippen LogP contribution in [0.25, 0.3) is 17.0 Å². The van der Waals surface area contributed by atoms with Crippen molar-refractivity contribution in [1.82, 2.24) is 4.57 Å². The summed E-state index contributed by atoms with van der Waals surface area (Å²) in [7, 11) is 0. The van der Waals surface area contributed by atoms with Gasteiger partial charge >= 0.3 is 0 Å². The summed E-state index contributed by atoms with van der Waals surface area (Å²) in [5, 5.41) is 1.39. The molecule has 94 valence electrons. The number of para-hydroxylation sites is 1. The molecule has 0 amide bonds. The largest absolute Gasteiger partial charge is 0.339 e. The summed E-state index contributed by atoms with van der Waals surface area (Å²) >= 11 is 0. The zero-order chi connectivity index (χ0) is 12.9. The first-order valence-electron chi connectivity index (χ1n) is 6.79. The molecule has 1 heteroatoms. The fraction of sp³-hybridized carbons (Fsp3) is 0.412. The van der Waals surface area contributed by atoms with Crippen molar-refractivity contribution in [3.8, 4) is 0 Å². The number of nitrogens with zero attached hydrogens (tertiary/aromatic N) is 1. The van der Waals surface area contributed by atoms with Gasteiger partial charge < -0.3 is 4.57 Å². The minimum Gasteiger partial charge on any atom is -0.339 e. The van der Waals surface area contributed by atoms with Crippen LogP contribution in [-0.4, -0.2) is 4.57 Å². The van der Waals surface area contributed by atoms with Crippen LogP contribution in [0.5, 0.6) is 0 Å². The van der Waals surface area contributed by atoms with Gasteiger partial charge in [0.25, 0.3) is 0 Å². The van der Waals surface area contributed by atoms with Gasteiger partial charge in [0.15, 0.2) is 0 Å². The molecular formula is C17H21N. The summed E-state index contributed by atoms with van der Waals surface area (Å²) in [4.78, 5) is 0. The molecule has 0 radical (unpaired) electrons. The average molecular weight is 239 g/mol. The van der Waals surface area contributed by atoms with E-state index in [-0.39, 0.29) is 5.54 Å². The van der Waals surface area contributed by atoms with Crippen LogP contribution in [-0.2, 0) is 12.0 Å². The van der Waals surface area contributed by atoms with Gasteiger partial charge in [0.1, 0.15) is 0 Å². The Balaban J connectivity index is 2.41. The van der Waals surface area contributed by atoms with Gasteiger partial charge in [-0.1, -0.05) is 37.3 Å². The van der Waals surface area contributed by atoms with Crippen molar-refractivity contribution in [2.75, 3.05) is 0 Å². The van der Waals surface area contributed by atoms with Crippen molar-refractivity contribution in [2.24, 2.45) is 5.92 Å². The van der Waals surface area contributed by atoms with Gasteiger partial charge in [0.05, 0.1) is 0 Å². The second-order valence-electron chi connectivity index (χ2n) is 6.42. The van der Waals surface area contributed by atoms with Crippen molar-refractivity contribution in [3.05, 3.63) is 41.6 Å². The molecule has 1 nitrogen and oxygen atoms in total. The van der Waals surface area contributed by atoms with Crippen LogP contribution in [0.1, 0.15) is 39.0 Å². The second kappa shape index (κ2) is 3.74. The summed E-state index contributed by atoms with van der Waals surface area (Å²) in [6.45, 7) is 9.18. The standard InChI is InChI=1S/C17H21N/c1-12-9-10-14-13-7-5-6-8-15(13)18(16(14)11-12)17(2,3)4/h5-10,12H,11H2,1-4H3. The summed E-state index contributed by atoms with van der Waals surface area (Å²) in [5.41, 5.74) is 4.43. The second-order valence-corrected chi connectivity index (χ2v) is 6.42. The van der Waals surface area contributed by atoms with E-state index in [9.17, 15) is 0 Å². The Morgan fingerprint density at radius 3 is 2.61 bits per heavy atom. The maximum Gasteiger partial charge on any atom is 0.0493 e. The summed E-state index contributed by atoms with van der Waals surface area (Å²) < 4.78 is 2.53. The number of allylic oxidation sites excluding steroid dienone is 1. The van der Waals surface area contributed by atoms with Crippen molar-refractivity contribution in [2.45, 2.75) is 39.7 Å². The van der Waals surface area contributed by atoms with E-state index in [1.54, 1.807) is 0 Å². The number of fused-ring (bicyclic) bond motifs is 3. The van der Waals surface area contributed by atoms with Crippen molar-refractivity contribution < 1.29 is 0 Å². The Hall–Kier alpha value is -1.50. The maximum absolute atomic E-state index is 2.53. The van der Waals surface area contributed by atoms with Gasteiger partial charge in [-0.3, -0.25) is 0 Å². The van der Waals surface area contributed by atoms with Gasteiger partial charge in [-0.15, -0.1) is 0 Å². The van der Waals surface area contributed by atoms with Gasteiger partial charge in [-0.25, -0.2) is 0 Å². The van der Waals surface area contributed by atoms with Crippen molar-refractivity contribution in [1.29, 1.82) is 0 Å². The molecule has 3 rings (SSSR count). The molecule has 1 atom stereocenters. The molecule has 1 aromatic carbocycles. The van der Waals surface area contributed by atoms with Crippen LogP contribution in [0, 0.1) is 5.92 Å². The molecule has 1 heterocycles. The Morgan fingerprint density at radius 1 is 1.17 bits per heavy atom. The molecule has 0 fully saturated rings. The van der Waals surface area contributed by atoms with E-state index in [2.05, 4.69) is 68.7 Å². The third-order valence-corrected chi connectivity index (χ3v) is 3.79. The van der Waals surface area contributed by atoms with Crippen molar-refractivity contribution >= 4 is 17.0 Å². The van der Waals surface area contributed by atoms with E-state index < -0.39 is 0 Å². The van der Waals surface area contributed by atoms with E-state index in [4.69, 9.17) is 0 Å². The van der Waals surface area contributed by atoms with E-state index in [1.807, 2.05) is 0 Å². The highest BCUT2D eigenvalue weighted by molar-refractivity contribution is 5.92. The number of aromatic nitrogens is 1. The molecule has 0 spiro atoms. The minimum absolute atomic E-state index is 0.137. The number of benzene rings is 1. The molecule has 1 aliphatic carbocycles. The highest BCUT2D eigenvalue weighted by atomic mass is 15.1. The molecule has 1 unspecified atom stereocenters. The average Bonchev–Trinajstić information content (AvgIpc) is 2.61. The fourth-order valence-corrected chi connectivity index (χ4v) is 3.10. The monoisotopic (exact) mass is 239 g/mol. The first-order chi connectivity index (χ1) is 8.48. The summed E-state index contributed by atoms with van der Waals surface area (Å²) in [5.74, 6) is 0.642. The lowest BCUT2D eigenvalue weighted by molar-refractivity contribution is 0.393. The highest BCUT2D eigenvalue weighted by Gasteiger charge is 2.25. The van der Waals surface area contributed by atoms with Crippen LogP contribution in [0.15, 0.2) is 30.3 Å². The SMILES string of the molecule is CC1C=Cc2c(n(C(C)(C)C)c3ccccc23)C1. The lowest BCUT2D eigenvalue weighted by Gasteiger charge is -2.28. The normalized spacial score (nSPS) is 19.2. The molecule has 0 saturated carbocycles. The Morgan fingerprint density at radius 2 is 1.89 bits per heavy atom. The molecule has 2 aromatic rings. The van der Waals surface area contributed by atoms with E-state index in [0.717, 1.165) is 6.42 Å². The van der Waals surface area contributed by atoms with Crippen LogP contribution in [0.4, 0.5) is 0 Å². The van der Waals surface area contributed by atoms with E-state index >= 15 is 0 Å². The predicted molar refractivity (Wildman–Crippen MR) is 78.8 cm³/mol. The first kappa shape index (κ1) is 11.6. The number of rotatable bonds is 0. The third-order valence-electron chi connectivity index (χ3n) is 3.79. The van der Waals surface area contributed by atoms with Gasteiger partial charge in [-0.2, -0.15) is 0 Å². The molecule has 0 saturated heterocycles. The summed E-state index contributed by atoms with van der Waals surface area (Å²) in [6, 6.07) is 8.78. The highest BCUT2D eigenvalue weighted by Crippen LogP contribution is 2.36. The fourth-order valence-electron chi connectivity index (χ4n) is 3.10. The van der Waals surface area contributed by atoms with Gasteiger partial charge in [0, 0.05) is 27.7 Å². The van der Waals surface area contributed by atoms with E-state index in [0.29, 0.717) is 5.92 Å². The maximum atomic E-state index is 2.53. The summed E-state index contributed by atoms with van der Waals surface area (Å²) in [6.07, 6.45) is 5.80. The molecule has 0 bridgehead atoms. The van der Waals surface area contributed by atoms with Gasteiger partial charge in [0.2, 0.25) is 0 Å². The van der Waals surface area contributed by atoms with Crippen LogP contribution >= 0.6 is 0 Å². The van der Waals surface area contributed by atoms with Gasteiger partial charge in [-0.05, 0) is 39.2 Å². The van der Waals surface area contributed by atoms with E-state index in [1.165, 1.54) is 22.2 Å². The zero-order valence-electron chi connectivity index (χ0n) is 11.7. The minimum atomic E-state index is 0.137. The molecule has 1 aromatic heterocycles. The lowest BCUT2D eigenvalue weighted by atomic mass is 9.94. The smallest absolute Gasteiger partial charge is 0.0493 e. The molecule has 0 aliphatic heterocycles. The Bertz CT molecular complexity index is 623. The number of hydrogen-bond acceptors (Lipinski definition) is 0. The molecule has 1 aliphatic rings.